The molecule has 0 saturated heterocycles. The van der Waals surface area contributed by atoms with Crippen LogP contribution in [0.1, 0.15) is 48.0 Å². The molecule has 0 aromatic heterocycles. The second-order valence-electron chi connectivity index (χ2n) is 4.89. The fraction of sp³-hybridized carbons (Fsp3) is 0.500. The normalized spacial score (nSPS) is 17.5. The molecule has 19 heavy (non-hydrogen) atoms. The van der Waals surface area contributed by atoms with Crippen LogP contribution in [0.3, 0.4) is 0 Å². The molecular formula is C14H14ClF3O. The van der Waals surface area contributed by atoms with Crippen molar-refractivity contribution in [2.24, 2.45) is 5.92 Å². The Kier molecular flexibility index (Phi) is 4.19. The molecule has 1 aromatic rings. The van der Waals surface area contributed by atoms with E-state index in [4.69, 9.17) is 11.6 Å². The van der Waals surface area contributed by atoms with E-state index in [0.29, 0.717) is 0 Å². The number of Topliss-reactive ketones (excluding diaryl/α,β-unsaturated/α-hetero) is 1. The minimum atomic E-state index is -4.53. The van der Waals surface area contributed by atoms with Crippen LogP contribution < -0.4 is 0 Å². The van der Waals surface area contributed by atoms with Gasteiger partial charge in [-0.25, -0.2) is 0 Å². The largest absolute Gasteiger partial charge is 0.417 e. The van der Waals surface area contributed by atoms with Crippen molar-refractivity contribution in [1.29, 1.82) is 0 Å². The van der Waals surface area contributed by atoms with Gasteiger partial charge in [-0.1, -0.05) is 30.9 Å². The van der Waals surface area contributed by atoms with Crippen molar-refractivity contribution in [3.05, 3.63) is 34.3 Å². The van der Waals surface area contributed by atoms with Gasteiger partial charge < -0.3 is 0 Å². The van der Waals surface area contributed by atoms with Gasteiger partial charge in [-0.15, -0.1) is 0 Å². The lowest BCUT2D eigenvalue weighted by molar-refractivity contribution is -0.137. The van der Waals surface area contributed by atoms with Gasteiger partial charge in [-0.3, -0.25) is 4.79 Å². The molecule has 0 N–H and O–H groups in total. The van der Waals surface area contributed by atoms with Crippen LogP contribution in [0.4, 0.5) is 13.2 Å². The zero-order chi connectivity index (χ0) is 14.0. The summed E-state index contributed by atoms with van der Waals surface area (Å²) in [5.74, 6) is -0.335. The highest BCUT2D eigenvalue weighted by Crippen LogP contribution is 2.36. The van der Waals surface area contributed by atoms with Crippen LogP contribution in [0.15, 0.2) is 18.2 Å². The molecule has 1 nitrogen and oxygen atoms in total. The first-order valence-corrected chi connectivity index (χ1v) is 6.68. The Morgan fingerprint density at radius 2 is 1.79 bits per heavy atom. The van der Waals surface area contributed by atoms with Crippen LogP contribution in [0.25, 0.3) is 0 Å². The van der Waals surface area contributed by atoms with Gasteiger partial charge >= 0.3 is 6.18 Å². The van der Waals surface area contributed by atoms with E-state index in [1.165, 1.54) is 6.07 Å². The molecule has 104 valence electrons. The fourth-order valence-electron chi connectivity index (χ4n) is 2.50. The van der Waals surface area contributed by atoms with Gasteiger partial charge in [0.1, 0.15) is 0 Å². The van der Waals surface area contributed by atoms with E-state index in [9.17, 15) is 18.0 Å². The molecule has 0 atom stereocenters. The number of rotatable bonds is 2. The van der Waals surface area contributed by atoms with E-state index in [0.717, 1.165) is 44.2 Å². The number of benzene rings is 1. The third-order valence-electron chi connectivity index (χ3n) is 3.53. The van der Waals surface area contributed by atoms with Gasteiger partial charge in [0.15, 0.2) is 5.78 Å². The van der Waals surface area contributed by atoms with Crippen molar-refractivity contribution in [3.8, 4) is 0 Å². The predicted molar refractivity (Wildman–Crippen MR) is 67.4 cm³/mol. The molecule has 0 spiro atoms. The summed E-state index contributed by atoms with van der Waals surface area (Å²) in [5.41, 5.74) is -0.820. The van der Waals surface area contributed by atoms with Crippen molar-refractivity contribution in [2.75, 3.05) is 0 Å². The molecule has 5 heteroatoms. The smallest absolute Gasteiger partial charge is 0.294 e. The van der Waals surface area contributed by atoms with Crippen LogP contribution in [-0.4, -0.2) is 5.78 Å². The minimum absolute atomic E-state index is 0.114. The van der Waals surface area contributed by atoms with Gasteiger partial charge in [0, 0.05) is 11.5 Å². The molecular weight excluding hydrogens is 277 g/mol. The van der Waals surface area contributed by atoms with Gasteiger partial charge in [-0.2, -0.15) is 13.2 Å². The average molecular weight is 291 g/mol. The first kappa shape index (κ1) is 14.4. The number of carbonyl (C=O) groups is 1. The lowest BCUT2D eigenvalue weighted by Gasteiger charge is -2.20. The van der Waals surface area contributed by atoms with E-state index in [1.807, 2.05) is 0 Å². The summed E-state index contributed by atoms with van der Waals surface area (Å²) >= 11 is 5.54. The Morgan fingerprint density at radius 1 is 1.16 bits per heavy atom. The standard InChI is InChI=1S/C14H14ClF3O/c15-12-7-6-10(8-11(12)14(16,17)18)13(19)9-4-2-1-3-5-9/h6-9H,1-5H2. The van der Waals surface area contributed by atoms with E-state index in [2.05, 4.69) is 0 Å². The van der Waals surface area contributed by atoms with E-state index in [1.54, 1.807) is 0 Å². The van der Waals surface area contributed by atoms with Gasteiger partial charge in [0.2, 0.25) is 0 Å². The molecule has 0 radical (unpaired) electrons. The second kappa shape index (κ2) is 5.53. The Morgan fingerprint density at radius 3 is 2.37 bits per heavy atom. The Bertz CT molecular complexity index is 476. The average Bonchev–Trinajstić information content (AvgIpc) is 2.38. The van der Waals surface area contributed by atoms with Crippen molar-refractivity contribution >= 4 is 17.4 Å². The van der Waals surface area contributed by atoms with E-state index >= 15 is 0 Å². The predicted octanol–water partition coefficient (Wildman–Crippen LogP) is 5.12. The summed E-state index contributed by atoms with van der Waals surface area (Å²) in [7, 11) is 0. The molecule has 1 fully saturated rings. The van der Waals surface area contributed by atoms with Crippen LogP contribution in [0, 0.1) is 5.92 Å². The molecule has 1 saturated carbocycles. The van der Waals surface area contributed by atoms with Crippen molar-refractivity contribution in [1.82, 2.24) is 0 Å². The maximum atomic E-state index is 12.7. The number of halogens is 4. The highest BCUT2D eigenvalue weighted by Gasteiger charge is 2.34. The summed E-state index contributed by atoms with van der Waals surface area (Å²) in [5, 5.41) is -0.368. The zero-order valence-corrected chi connectivity index (χ0v) is 11.0. The topological polar surface area (TPSA) is 17.1 Å². The monoisotopic (exact) mass is 290 g/mol. The molecule has 1 aromatic carbocycles. The molecule has 0 bridgehead atoms. The van der Waals surface area contributed by atoms with E-state index < -0.39 is 11.7 Å². The lowest BCUT2D eigenvalue weighted by Crippen LogP contribution is -2.18. The first-order valence-electron chi connectivity index (χ1n) is 6.30. The van der Waals surface area contributed by atoms with Crippen LogP contribution in [0.5, 0.6) is 0 Å². The lowest BCUT2D eigenvalue weighted by atomic mass is 9.83. The highest BCUT2D eigenvalue weighted by molar-refractivity contribution is 6.31. The van der Waals surface area contributed by atoms with E-state index in [-0.39, 0.29) is 22.3 Å². The number of hydrogen-bond acceptors (Lipinski definition) is 1. The second-order valence-corrected chi connectivity index (χ2v) is 5.30. The number of ketones is 1. The number of carbonyl (C=O) groups excluding carboxylic acids is 1. The van der Waals surface area contributed by atoms with Crippen molar-refractivity contribution in [2.45, 2.75) is 38.3 Å². The molecule has 0 unspecified atom stereocenters. The Labute approximate surface area is 114 Å². The fourth-order valence-corrected chi connectivity index (χ4v) is 2.72. The molecule has 1 aliphatic rings. The quantitative estimate of drug-likeness (QED) is 0.691. The van der Waals surface area contributed by atoms with Gasteiger partial charge in [-0.05, 0) is 31.0 Å². The van der Waals surface area contributed by atoms with Crippen LogP contribution >= 0.6 is 11.6 Å². The van der Waals surface area contributed by atoms with Crippen LogP contribution in [0.2, 0.25) is 5.02 Å². The summed E-state index contributed by atoms with van der Waals surface area (Å²) < 4.78 is 38.2. The van der Waals surface area contributed by atoms with Crippen molar-refractivity contribution < 1.29 is 18.0 Å². The minimum Gasteiger partial charge on any atom is -0.294 e. The highest BCUT2D eigenvalue weighted by atomic mass is 35.5. The van der Waals surface area contributed by atoms with Gasteiger partial charge in [0.05, 0.1) is 10.6 Å². The zero-order valence-electron chi connectivity index (χ0n) is 10.3. The van der Waals surface area contributed by atoms with Gasteiger partial charge in [0.25, 0.3) is 0 Å². The molecule has 0 heterocycles. The third-order valence-corrected chi connectivity index (χ3v) is 3.86. The summed E-state index contributed by atoms with van der Waals surface area (Å²) in [6.45, 7) is 0. The summed E-state index contributed by atoms with van der Waals surface area (Å²) in [6, 6.07) is 3.41. The Balaban J connectivity index is 2.27. The molecule has 1 aliphatic carbocycles. The molecule has 0 amide bonds. The molecule has 2 rings (SSSR count). The molecule has 0 aliphatic heterocycles. The first-order chi connectivity index (χ1) is 8.89. The number of alkyl halides is 3. The third kappa shape index (κ3) is 3.30. The summed E-state index contributed by atoms with van der Waals surface area (Å²) in [4.78, 5) is 12.2. The SMILES string of the molecule is O=C(c1ccc(Cl)c(C(F)(F)F)c1)C1CCCCC1. The maximum Gasteiger partial charge on any atom is 0.417 e. The van der Waals surface area contributed by atoms with Crippen LogP contribution in [-0.2, 0) is 6.18 Å². The maximum absolute atomic E-state index is 12.7. The van der Waals surface area contributed by atoms with Crippen molar-refractivity contribution in [3.63, 3.8) is 0 Å². The summed E-state index contributed by atoms with van der Waals surface area (Å²) in [6.07, 6.45) is 0.0377. The Hall–Kier alpha value is -1.03. The number of hydrogen-bond donors (Lipinski definition) is 0.